The summed E-state index contributed by atoms with van der Waals surface area (Å²) in [4.78, 5) is 4.48. The highest BCUT2D eigenvalue weighted by Gasteiger charge is 2.20. The zero-order valence-corrected chi connectivity index (χ0v) is 9.07. The summed E-state index contributed by atoms with van der Waals surface area (Å²) in [5.74, 6) is 0.771. The van der Waals surface area contributed by atoms with Gasteiger partial charge < -0.3 is 15.5 Å². The lowest BCUT2D eigenvalue weighted by molar-refractivity contribution is 0.347. The first-order chi connectivity index (χ1) is 7.84. The summed E-state index contributed by atoms with van der Waals surface area (Å²) in [6, 6.07) is 5.90. The van der Waals surface area contributed by atoms with Gasteiger partial charge in [-0.25, -0.2) is 4.98 Å². The third kappa shape index (κ3) is 1.55. The molecule has 1 aromatic carbocycles. The fourth-order valence-electron chi connectivity index (χ4n) is 2.20. The quantitative estimate of drug-likeness (QED) is 0.719. The Morgan fingerprint density at radius 1 is 1.38 bits per heavy atom. The summed E-state index contributed by atoms with van der Waals surface area (Å²) < 4.78 is 5.73. The standard InChI is InChI=1S/C12H15N3O/c13-8-4-3-6-10-11(8)15-12(16-10)9-5-1-2-7-14-9/h3-4,6,9,14H,1-2,5,7,13H2. The monoisotopic (exact) mass is 217 g/mol. The summed E-state index contributed by atoms with van der Waals surface area (Å²) in [7, 11) is 0. The normalized spacial score (nSPS) is 21.4. The maximum atomic E-state index is 5.86. The number of anilines is 1. The molecule has 1 fully saturated rings. The molecule has 0 amide bonds. The molecule has 2 heterocycles. The first-order valence-electron chi connectivity index (χ1n) is 5.73. The summed E-state index contributed by atoms with van der Waals surface area (Å²) in [6.45, 7) is 1.04. The fourth-order valence-corrected chi connectivity index (χ4v) is 2.20. The maximum Gasteiger partial charge on any atom is 0.212 e. The van der Waals surface area contributed by atoms with Crippen LogP contribution in [0.25, 0.3) is 11.1 Å². The molecule has 4 heteroatoms. The second kappa shape index (κ2) is 3.79. The number of nitrogen functional groups attached to an aromatic ring is 1. The third-order valence-electron chi connectivity index (χ3n) is 3.08. The molecule has 0 spiro atoms. The van der Waals surface area contributed by atoms with Crippen LogP contribution in [0.1, 0.15) is 31.2 Å². The van der Waals surface area contributed by atoms with E-state index in [4.69, 9.17) is 10.2 Å². The molecule has 0 aliphatic carbocycles. The molecule has 1 aromatic heterocycles. The van der Waals surface area contributed by atoms with Gasteiger partial charge in [-0.2, -0.15) is 0 Å². The SMILES string of the molecule is Nc1cccc2oc(C3CCCCN3)nc12. The lowest BCUT2D eigenvalue weighted by Gasteiger charge is -2.19. The van der Waals surface area contributed by atoms with E-state index in [-0.39, 0.29) is 6.04 Å². The van der Waals surface area contributed by atoms with Crippen LogP contribution >= 0.6 is 0 Å². The number of oxazole rings is 1. The fraction of sp³-hybridized carbons (Fsp3) is 0.417. The number of hydrogen-bond acceptors (Lipinski definition) is 4. The second-order valence-electron chi connectivity index (χ2n) is 4.25. The van der Waals surface area contributed by atoms with Crippen molar-refractivity contribution in [3.8, 4) is 0 Å². The minimum atomic E-state index is 0.251. The van der Waals surface area contributed by atoms with Gasteiger partial charge in [0.2, 0.25) is 5.89 Å². The summed E-state index contributed by atoms with van der Waals surface area (Å²) in [6.07, 6.45) is 3.55. The third-order valence-corrected chi connectivity index (χ3v) is 3.08. The Kier molecular flexibility index (Phi) is 2.29. The molecule has 84 valence electrons. The average molecular weight is 217 g/mol. The molecule has 3 rings (SSSR count). The van der Waals surface area contributed by atoms with Crippen LogP contribution in [0.2, 0.25) is 0 Å². The number of hydrogen-bond donors (Lipinski definition) is 2. The number of aromatic nitrogens is 1. The molecule has 2 aromatic rings. The first-order valence-corrected chi connectivity index (χ1v) is 5.73. The molecule has 1 atom stereocenters. The van der Waals surface area contributed by atoms with E-state index >= 15 is 0 Å². The van der Waals surface area contributed by atoms with Crippen molar-refractivity contribution in [1.29, 1.82) is 0 Å². The number of fused-ring (bicyclic) bond motifs is 1. The van der Waals surface area contributed by atoms with Gasteiger partial charge in [0.1, 0.15) is 5.52 Å². The minimum Gasteiger partial charge on any atom is -0.439 e. The van der Waals surface area contributed by atoms with Crippen molar-refractivity contribution >= 4 is 16.8 Å². The average Bonchev–Trinajstić information content (AvgIpc) is 2.76. The Balaban J connectivity index is 2.01. The molecule has 0 bridgehead atoms. The number of nitrogens with one attached hydrogen (secondary N) is 1. The topological polar surface area (TPSA) is 64.1 Å². The highest BCUT2D eigenvalue weighted by Crippen LogP contribution is 2.27. The van der Waals surface area contributed by atoms with Crippen molar-refractivity contribution in [2.75, 3.05) is 12.3 Å². The van der Waals surface area contributed by atoms with Crippen LogP contribution in [0.15, 0.2) is 22.6 Å². The van der Waals surface area contributed by atoms with E-state index in [9.17, 15) is 0 Å². The van der Waals surface area contributed by atoms with Crippen molar-refractivity contribution in [2.45, 2.75) is 25.3 Å². The van der Waals surface area contributed by atoms with Crippen LogP contribution in [-0.4, -0.2) is 11.5 Å². The second-order valence-corrected chi connectivity index (χ2v) is 4.25. The van der Waals surface area contributed by atoms with E-state index in [0.29, 0.717) is 5.69 Å². The van der Waals surface area contributed by atoms with Crippen LogP contribution < -0.4 is 11.1 Å². The number of nitrogens with two attached hydrogens (primary N) is 1. The van der Waals surface area contributed by atoms with Crippen molar-refractivity contribution in [3.63, 3.8) is 0 Å². The van der Waals surface area contributed by atoms with Crippen molar-refractivity contribution in [2.24, 2.45) is 0 Å². The van der Waals surface area contributed by atoms with Gasteiger partial charge in [0.25, 0.3) is 0 Å². The summed E-state index contributed by atoms with van der Waals surface area (Å²) >= 11 is 0. The van der Waals surface area contributed by atoms with Crippen LogP contribution in [0.3, 0.4) is 0 Å². The van der Waals surface area contributed by atoms with E-state index in [0.717, 1.165) is 30.0 Å². The molecule has 16 heavy (non-hydrogen) atoms. The molecule has 0 radical (unpaired) electrons. The molecule has 3 N–H and O–H groups in total. The van der Waals surface area contributed by atoms with E-state index in [1.807, 2.05) is 18.2 Å². The van der Waals surface area contributed by atoms with Gasteiger partial charge in [0.05, 0.1) is 11.7 Å². The van der Waals surface area contributed by atoms with Gasteiger partial charge in [0, 0.05) is 0 Å². The van der Waals surface area contributed by atoms with E-state index in [2.05, 4.69) is 10.3 Å². The molecule has 1 aliphatic heterocycles. The maximum absolute atomic E-state index is 5.86. The Morgan fingerprint density at radius 2 is 2.31 bits per heavy atom. The highest BCUT2D eigenvalue weighted by molar-refractivity contribution is 5.85. The van der Waals surface area contributed by atoms with Gasteiger partial charge in [-0.3, -0.25) is 0 Å². The van der Waals surface area contributed by atoms with E-state index < -0.39 is 0 Å². The predicted molar refractivity (Wildman–Crippen MR) is 63.0 cm³/mol. The first kappa shape index (κ1) is 9.66. The van der Waals surface area contributed by atoms with Crippen LogP contribution in [0.5, 0.6) is 0 Å². The summed E-state index contributed by atoms with van der Waals surface area (Å²) in [5, 5.41) is 3.42. The molecule has 0 saturated carbocycles. The summed E-state index contributed by atoms with van der Waals surface area (Å²) in [5.41, 5.74) is 8.10. The molecule has 4 nitrogen and oxygen atoms in total. The molecular formula is C12H15N3O. The van der Waals surface area contributed by atoms with Crippen molar-refractivity contribution in [3.05, 3.63) is 24.1 Å². The molecule has 1 aliphatic rings. The van der Waals surface area contributed by atoms with Gasteiger partial charge in [-0.05, 0) is 31.5 Å². The number of benzene rings is 1. The Labute approximate surface area is 93.8 Å². The van der Waals surface area contributed by atoms with Gasteiger partial charge in [-0.1, -0.05) is 12.5 Å². The molecular weight excluding hydrogens is 202 g/mol. The lowest BCUT2D eigenvalue weighted by Crippen LogP contribution is -2.26. The molecule has 1 saturated heterocycles. The Bertz CT molecular complexity index is 500. The van der Waals surface area contributed by atoms with E-state index in [1.165, 1.54) is 12.8 Å². The zero-order chi connectivity index (χ0) is 11.0. The van der Waals surface area contributed by atoms with Crippen molar-refractivity contribution < 1.29 is 4.42 Å². The number of nitrogens with zero attached hydrogens (tertiary/aromatic N) is 1. The minimum absolute atomic E-state index is 0.251. The Morgan fingerprint density at radius 3 is 3.06 bits per heavy atom. The smallest absolute Gasteiger partial charge is 0.212 e. The largest absolute Gasteiger partial charge is 0.439 e. The molecule has 1 unspecified atom stereocenters. The zero-order valence-electron chi connectivity index (χ0n) is 9.07. The van der Waals surface area contributed by atoms with Crippen LogP contribution in [0.4, 0.5) is 5.69 Å². The van der Waals surface area contributed by atoms with Crippen LogP contribution in [0, 0.1) is 0 Å². The highest BCUT2D eigenvalue weighted by atomic mass is 16.3. The van der Waals surface area contributed by atoms with Gasteiger partial charge in [0.15, 0.2) is 5.58 Å². The number of piperidine rings is 1. The lowest BCUT2D eigenvalue weighted by atomic mass is 10.1. The number of para-hydroxylation sites is 1. The van der Waals surface area contributed by atoms with E-state index in [1.54, 1.807) is 0 Å². The van der Waals surface area contributed by atoms with Crippen molar-refractivity contribution in [1.82, 2.24) is 10.3 Å². The predicted octanol–water partition coefficient (Wildman–Crippen LogP) is 2.22. The number of rotatable bonds is 1. The Hall–Kier alpha value is -1.55. The van der Waals surface area contributed by atoms with Gasteiger partial charge in [-0.15, -0.1) is 0 Å². The van der Waals surface area contributed by atoms with Crippen LogP contribution in [-0.2, 0) is 0 Å². The van der Waals surface area contributed by atoms with Gasteiger partial charge >= 0.3 is 0 Å².